The third-order valence-corrected chi connectivity index (χ3v) is 2.88. The highest BCUT2D eigenvalue weighted by molar-refractivity contribution is 5.86. The van der Waals surface area contributed by atoms with E-state index >= 15 is 0 Å². The first kappa shape index (κ1) is 12.1. The second-order valence-electron chi connectivity index (χ2n) is 4.15. The molecule has 2 aromatic heterocycles. The van der Waals surface area contributed by atoms with Crippen molar-refractivity contribution in [3.05, 3.63) is 48.5 Å². The van der Waals surface area contributed by atoms with E-state index in [0.29, 0.717) is 22.5 Å². The molecule has 1 atom stereocenters. The highest BCUT2D eigenvalue weighted by atomic mass is 16.4. The third-order valence-electron chi connectivity index (χ3n) is 2.88. The van der Waals surface area contributed by atoms with Crippen LogP contribution in [0, 0.1) is 0 Å². The highest BCUT2D eigenvalue weighted by Crippen LogP contribution is 2.22. The van der Waals surface area contributed by atoms with Crippen molar-refractivity contribution >= 4 is 23.0 Å². The summed E-state index contributed by atoms with van der Waals surface area (Å²) >= 11 is 0. The monoisotopic (exact) mass is 269 g/mol. The fourth-order valence-corrected chi connectivity index (χ4v) is 1.94. The standard InChI is InChI=1S/C13H11N5O2/c19-13(20)9(8-4-2-1-3-5-8)18-12-10-11(15-6-14-10)16-7-17-12/h1-7,9H,(H,19,20)(H2,14,15,16,17,18)/t9-/m1/s1. The van der Waals surface area contributed by atoms with Gasteiger partial charge in [-0.05, 0) is 5.56 Å². The molecule has 0 aliphatic heterocycles. The minimum absolute atomic E-state index is 0.406. The molecule has 7 heteroatoms. The Hall–Kier alpha value is -2.96. The summed E-state index contributed by atoms with van der Waals surface area (Å²) in [5, 5.41) is 12.3. The summed E-state index contributed by atoms with van der Waals surface area (Å²) in [5.74, 6) is -0.578. The minimum atomic E-state index is -0.984. The molecule has 100 valence electrons. The van der Waals surface area contributed by atoms with Gasteiger partial charge in [0, 0.05) is 0 Å². The van der Waals surface area contributed by atoms with Gasteiger partial charge in [0.25, 0.3) is 0 Å². The Morgan fingerprint density at radius 2 is 2.00 bits per heavy atom. The topological polar surface area (TPSA) is 104 Å². The molecular weight excluding hydrogens is 258 g/mol. The predicted molar refractivity (Wildman–Crippen MR) is 72.1 cm³/mol. The normalized spacial score (nSPS) is 12.2. The van der Waals surface area contributed by atoms with E-state index in [1.54, 1.807) is 24.3 Å². The van der Waals surface area contributed by atoms with Crippen LogP contribution in [0.5, 0.6) is 0 Å². The first-order valence-corrected chi connectivity index (χ1v) is 5.94. The molecule has 0 saturated carbocycles. The zero-order valence-electron chi connectivity index (χ0n) is 10.3. The maximum absolute atomic E-state index is 11.4. The quantitative estimate of drug-likeness (QED) is 0.664. The van der Waals surface area contributed by atoms with Gasteiger partial charge in [-0.3, -0.25) is 0 Å². The van der Waals surface area contributed by atoms with Gasteiger partial charge in [0.1, 0.15) is 11.8 Å². The van der Waals surface area contributed by atoms with Crippen LogP contribution >= 0.6 is 0 Å². The third kappa shape index (κ3) is 2.16. The lowest BCUT2D eigenvalue weighted by molar-refractivity contribution is -0.138. The number of H-pyrrole nitrogens is 1. The van der Waals surface area contributed by atoms with Crippen molar-refractivity contribution < 1.29 is 9.90 Å². The largest absolute Gasteiger partial charge is 0.479 e. The number of nitrogens with one attached hydrogen (secondary N) is 2. The number of imidazole rings is 1. The molecule has 0 saturated heterocycles. The van der Waals surface area contributed by atoms with Crippen LogP contribution in [0.3, 0.4) is 0 Å². The van der Waals surface area contributed by atoms with Crippen molar-refractivity contribution in [1.82, 2.24) is 19.9 Å². The van der Waals surface area contributed by atoms with E-state index in [9.17, 15) is 9.90 Å². The van der Waals surface area contributed by atoms with E-state index in [4.69, 9.17) is 0 Å². The fourth-order valence-electron chi connectivity index (χ4n) is 1.94. The van der Waals surface area contributed by atoms with E-state index in [0.717, 1.165) is 0 Å². The molecule has 3 rings (SSSR count). The van der Waals surface area contributed by atoms with Crippen LogP contribution in [-0.2, 0) is 4.79 Å². The summed E-state index contributed by atoms with van der Waals surface area (Å²) in [6, 6.07) is 8.02. The first-order chi connectivity index (χ1) is 9.75. The van der Waals surface area contributed by atoms with E-state index in [-0.39, 0.29) is 0 Å². The Morgan fingerprint density at radius 1 is 1.20 bits per heavy atom. The van der Waals surface area contributed by atoms with Gasteiger partial charge >= 0.3 is 5.97 Å². The number of carboxylic acids is 1. The molecule has 0 amide bonds. The Balaban J connectivity index is 1.99. The number of carboxylic acid groups (broad SMARTS) is 1. The number of anilines is 1. The summed E-state index contributed by atoms with van der Waals surface area (Å²) in [6.45, 7) is 0. The zero-order valence-corrected chi connectivity index (χ0v) is 10.3. The predicted octanol–water partition coefficient (Wildman–Crippen LogP) is 1.59. The number of fused-ring (bicyclic) bond motifs is 1. The minimum Gasteiger partial charge on any atom is -0.479 e. The van der Waals surface area contributed by atoms with Crippen LogP contribution < -0.4 is 5.32 Å². The summed E-state index contributed by atoms with van der Waals surface area (Å²) in [7, 11) is 0. The van der Waals surface area contributed by atoms with Crippen LogP contribution in [0.2, 0.25) is 0 Å². The van der Waals surface area contributed by atoms with Crippen molar-refractivity contribution in [2.45, 2.75) is 6.04 Å². The maximum Gasteiger partial charge on any atom is 0.330 e. The van der Waals surface area contributed by atoms with Gasteiger partial charge in [-0.2, -0.15) is 0 Å². The lowest BCUT2D eigenvalue weighted by Gasteiger charge is -2.15. The lowest BCUT2D eigenvalue weighted by Crippen LogP contribution is -2.21. The number of rotatable bonds is 4. The van der Waals surface area contributed by atoms with Gasteiger partial charge in [0.05, 0.1) is 6.33 Å². The van der Waals surface area contributed by atoms with Crippen LogP contribution in [0.25, 0.3) is 11.2 Å². The van der Waals surface area contributed by atoms with Crippen molar-refractivity contribution in [1.29, 1.82) is 0 Å². The highest BCUT2D eigenvalue weighted by Gasteiger charge is 2.21. The Morgan fingerprint density at radius 3 is 2.75 bits per heavy atom. The van der Waals surface area contributed by atoms with Gasteiger partial charge in [-0.15, -0.1) is 0 Å². The Bertz CT molecular complexity index is 741. The van der Waals surface area contributed by atoms with Gasteiger partial charge in [-0.1, -0.05) is 30.3 Å². The summed E-state index contributed by atoms with van der Waals surface area (Å²) in [4.78, 5) is 26.4. The molecule has 3 aromatic rings. The van der Waals surface area contributed by atoms with Crippen molar-refractivity contribution in [3.63, 3.8) is 0 Å². The van der Waals surface area contributed by atoms with Gasteiger partial charge < -0.3 is 15.4 Å². The summed E-state index contributed by atoms with van der Waals surface area (Å²) < 4.78 is 0. The fraction of sp³-hybridized carbons (Fsp3) is 0.0769. The molecule has 0 fully saturated rings. The molecule has 2 heterocycles. The number of hydrogen-bond acceptors (Lipinski definition) is 5. The number of benzene rings is 1. The summed E-state index contributed by atoms with van der Waals surface area (Å²) in [5.41, 5.74) is 1.71. The zero-order chi connectivity index (χ0) is 13.9. The SMILES string of the molecule is O=C(O)[C@H](Nc1ncnc2nc[nH]c12)c1ccccc1. The average molecular weight is 269 g/mol. The smallest absolute Gasteiger partial charge is 0.330 e. The number of nitrogens with zero attached hydrogens (tertiary/aromatic N) is 3. The van der Waals surface area contributed by atoms with E-state index < -0.39 is 12.0 Å². The second-order valence-corrected chi connectivity index (χ2v) is 4.15. The molecule has 0 unspecified atom stereocenters. The summed E-state index contributed by atoms with van der Waals surface area (Å²) in [6.07, 6.45) is 2.83. The molecule has 0 radical (unpaired) electrons. The van der Waals surface area contributed by atoms with Crippen LogP contribution in [-0.4, -0.2) is 31.0 Å². The molecule has 0 aliphatic rings. The number of hydrogen-bond donors (Lipinski definition) is 3. The van der Waals surface area contributed by atoms with Crippen molar-refractivity contribution in [3.8, 4) is 0 Å². The molecule has 3 N–H and O–H groups in total. The van der Waals surface area contributed by atoms with Crippen LogP contribution in [0.4, 0.5) is 5.82 Å². The van der Waals surface area contributed by atoms with E-state index in [1.807, 2.05) is 6.07 Å². The van der Waals surface area contributed by atoms with Crippen LogP contribution in [0.1, 0.15) is 11.6 Å². The molecule has 7 nitrogen and oxygen atoms in total. The molecule has 0 bridgehead atoms. The van der Waals surface area contributed by atoms with E-state index in [2.05, 4.69) is 25.3 Å². The van der Waals surface area contributed by atoms with Gasteiger partial charge in [0.15, 0.2) is 17.5 Å². The lowest BCUT2D eigenvalue weighted by atomic mass is 10.1. The second kappa shape index (κ2) is 4.96. The number of carbonyl (C=O) groups is 1. The molecule has 0 aliphatic carbocycles. The number of aromatic nitrogens is 4. The average Bonchev–Trinajstić information content (AvgIpc) is 2.94. The molecule has 1 aromatic carbocycles. The maximum atomic E-state index is 11.4. The molecule has 0 spiro atoms. The number of aliphatic carboxylic acids is 1. The van der Waals surface area contributed by atoms with Gasteiger partial charge in [0.2, 0.25) is 0 Å². The van der Waals surface area contributed by atoms with Gasteiger partial charge in [-0.25, -0.2) is 19.7 Å². The Labute approximate surface area is 113 Å². The van der Waals surface area contributed by atoms with Crippen molar-refractivity contribution in [2.24, 2.45) is 0 Å². The first-order valence-electron chi connectivity index (χ1n) is 5.94. The van der Waals surface area contributed by atoms with E-state index in [1.165, 1.54) is 12.7 Å². The number of aromatic amines is 1. The molecular formula is C13H11N5O2. The Kier molecular flexibility index (Phi) is 3.00. The van der Waals surface area contributed by atoms with Crippen LogP contribution in [0.15, 0.2) is 43.0 Å². The van der Waals surface area contributed by atoms with Crippen molar-refractivity contribution in [2.75, 3.05) is 5.32 Å². The molecule has 20 heavy (non-hydrogen) atoms.